The molecule has 0 radical (unpaired) electrons. The molecular weight excluding hydrogens is 322 g/mol. The maximum atomic E-state index is 12.5. The highest BCUT2D eigenvalue weighted by atomic mass is 16.1. The molecule has 0 aliphatic rings. The van der Waals surface area contributed by atoms with E-state index in [2.05, 4.69) is 41.5 Å². The number of carbonyl (C=O) groups is 1. The molecule has 3 aromatic carbocycles. The number of benzene rings is 3. The predicted molar refractivity (Wildman–Crippen MR) is 105 cm³/mol. The number of para-hydroxylation sites is 2. The van der Waals surface area contributed by atoms with Crippen molar-refractivity contribution in [3.05, 3.63) is 84.7 Å². The second-order valence-electron chi connectivity index (χ2n) is 6.36. The van der Waals surface area contributed by atoms with Crippen molar-refractivity contribution in [3.63, 3.8) is 0 Å². The van der Waals surface area contributed by atoms with E-state index in [4.69, 9.17) is 0 Å². The molecule has 1 aromatic heterocycles. The van der Waals surface area contributed by atoms with E-state index in [1.165, 1.54) is 5.56 Å². The van der Waals surface area contributed by atoms with Crippen molar-refractivity contribution < 1.29 is 4.79 Å². The van der Waals surface area contributed by atoms with Gasteiger partial charge in [0, 0.05) is 5.69 Å². The minimum atomic E-state index is -0.0748. The van der Waals surface area contributed by atoms with Crippen LogP contribution in [0.25, 0.3) is 22.2 Å². The van der Waals surface area contributed by atoms with Gasteiger partial charge in [0.05, 0.1) is 17.4 Å². The van der Waals surface area contributed by atoms with Gasteiger partial charge in [0.1, 0.15) is 6.54 Å². The van der Waals surface area contributed by atoms with E-state index in [1.807, 2.05) is 53.1 Å². The smallest absolute Gasteiger partial charge is 0.244 e. The van der Waals surface area contributed by atoms with E-state index in [1.54, 1.807) is 6.33 Å². The standard InChI is InChI=1S/C22H19N3O/c1-16-9-11-17(12-10-16)18-5-4-6-19(13-18)24-22(26)14-25-15-23-20-7-2-3-8-21(20)25/h2-13,15H,14H2,1H3,(H,24,26). The molecule has 0 fully saturated rings. The summed E-state index contributed by atoms with van der Waals surface area (Å²) < 4.78 is 1.86. The Morgan fingerprint density at radius 1 is 0.962 bits per heavy atom. The van der Waals surface area contributed by atoms with E-state index in [0.717, 1.165) is 27.8 Å². The van der Waals surface area contributed by atoms with Crippen LogP contribution >= 0.6 is 0 Å². The second-order valence-corrected chi connectivity index (χ2v) is 6.36. The summed E-state index contributed by atoms with van der Waals surface area (Å²) in [5.41, 5.74) is 6.07. The Balaban J connectivity index is 1.51. The lowest BCUT2D eigenvalue weighted by atomic mass is 10.0. The molecule has 4 rings (SSSR count). The first-order valence-electron chi connectivity index (χ1n) is 8.56. The molecule has 0 aliphatic heterocycles. The van der Waals surface area contributed by atoms with Gasteiger partial charge in [-0.15, -0.1) is 0 Å². The zero-order valence-corrected chi connectivity index (χ0v) is 14.5. The van der Waals surface area contributed by atoms with Crippen LogP contribution in [0.4, 0.5) is 5.69 Å². The summed E-state index contributed by atoms with van der Waals surface area (Å²) in [7, 11) is 0. The third kappa shape index (κ3) is 3.35. The Labute approximate surface area is 152 Å². The van der Waals surface area contributed by atoms with Crippen LogP contribution < -0.4 is 5.32 Å². The van der Waals surface area contributed by atoms with Crippen molar-refractivity contribution in [1.29, 1.82) is 0 Å². The van der Waals surface area contributed by atoms with E-state index in [0.29, 0.717) is 0 Å². The topological polar surface area (TPSA) is 46.9 Å². The Kier molecular flexibility index (Phi) is 4.23. The number of aryl methyl sites for hydroxylation is 1. The highest BCUT2D eigenvalue weighted by Gasteiger charge is 2.08. The van der Waals surface area contributed by atoms with Gasteiger partial charge in [-0.25, -0.2) is 4.98 Å². The first-order chi connectivity index (χ1) is 12.7. The fourth-order valence-corrected chi connectivity index (χ4v) is 3.01. The van der Waals surface area contributed by atoms with Gasteiger partial charge in [-0.2, -0.15) is 0 Å². The van der Waals surface area contributed by atoms with E-state index < -0.39 is 0 Å². The maximum Gasteiger partial charge on any atom is 0.244 e. The van der Waals surface area contributed by atoms with Crippen molar-refractivity contribution in [3.8, 4) is 11.1 Å². The number of aromatic nitrogens is 2. The molecule has 4 aromatic rings. The van der Waals surface area contributed by atoms with Gasteiger partial charge in [-0.1, -0.05) is 54.1 Å². The molecule has 0 aliphatic carbocycles. The van der Waals surface area contributed by atoms with Gasteiger partial charge in [-0.3, -0.25) is 4.79 Å². The minimum Gasteiger partial charge on any atom is -0.325 e. The van der Waals surface area contributed by atoms with Crippen LogP contribution in [-0.2, 0) is 11.3 Å². The van der Waals surface area contributed by atoms with Gasteiger partial charge in [-0.05, 0) is 42.3 Å². The van der Waals surface area contributed by atoms with Crippen LogP contribution in [0.5, 0.6) is 0 Å². The van der Waals surface area contributed by atoms with Gasteiger partial charge in [0.25, 0.3) is 0 Å². The Bertz CT molecular complexity index is 1060. The minimum absolute atomic E-state index is 0.0748. The van der Waals surface area contributed by atoms with Gasteiger partial charge in [0.15, 0.2) is 0 Å². The lowest BCUT2D eigenvalue weighted by molar-refractivity contribution is -0.116. The Morgan fingerprint density at radius 2 is 1.77 bits per heavy atom. The third-order valence-electron chi connectivity index (χ3n) is 4.37. The number of carbonyl (C=O) groups excluding carboxylic acids is 1. The zero-order valence-electron chi connectivity index (χ0n) is 14.5. The van der Waals surface area contributed by atoms with E-state index in [-0.39, 0.29) is 12.5 Å². The fourth-order valence-electron chi connectivity index (χ4n) is 3.01. The Morgan fingerprint density at radius 3 is 2.62 bits per heavy atom. The van der Waals surface area contributed by atoms with Crippen molar-refractivity contribution in [1.82, 2.24) is 9.55 Å². The molecule has 0 unspecified atom stereocenters. The summed E-state index contributed by atoms with van der Waals surface area (Å²) in [6.45, 7) is 2.30. The number of imidazole rings is 1. The van der Waals surface area contributed by atoms with Crippen molar-refractivity contribution in [2.24, 2.45) is 0 Å². The van der Waals surface area contributed by atoms with E-state index >= 15 is 0 Å². The molecule has 0 bridgehead atoms. The molecule has 1 heterocycles. The molecule has 0 saturated carbocycles. The number of fused-ring (bicyclic) bond motifs is 1. The van der Waals surface area contributed by atoms with Gasteiger partial charge < -0.3 is 9.88 Å². The maximum absolute atomic E-state index is 12.5. The predicted octanol–water partition coefficient (Wildman–Crippen LogP) is 4.65. The summed E-state index contributed by atoms with van der Waals surface area (Å²) in [5.74, 6) is -0.0748. The molecule has 26 heavy (non-hydrogen) atoms. The monoisotopic (exact) mass is 341 g/mol. The molecule has 1 N–H and O–H groups in total. The first-order valence-corrected chi connectivity index (χ1v) is 8.56. The normalized spacial score (nSPS) is 10.8. The number of anilines is 1. The number of rotatable bonds is 4. The average molecular weight is 341 g/mol. The van der Waals surface area contributed by atoms with Crippen LogP contribution in [0, 0.1) is 6.92 Å². The van der Waals surface area contributed by atoms with Gasteiger partial charge in [0.2, 0.25) is 5.91 Å². The third-order valence-corrected chi connectivity index (χ3v) is 4.37. The van der Waals surface area contributed by atoms with Crippen LogP contribution in [0.3, 0.4) is 0 Å². The summed E-state index contributed by atoms with van der Waals surface area (Å²) in [4.78, 5) is 16.8. The van der Waals surface area contributed by atoms with E-state index in [9.17, 15) is 4.79 Å². The summed E-state index contributed by atoms with van der Waals surface area (Å²) in [6.07, 6.45) is 1.70. The lowest BCUT2D eigenvalue weighted by Crippen LogP contribution is -2.18. The van der Waals surface area contributed by atoms with Gasteiger partial charge >= 0.3 is 0 Å². The number of hydrogen-bond donors (Lipinski definition) is 1. The van der Waals surface area contributed by atoms with Crippen LogP contribution in [0.2, 0.25) is 0 Å². The molecule has 4 nitrogen and oxygen atoms in total. The summed E-state index contributed by atoms with van der Waals surface area (Å²) in [6, 6.07) is 24.1. The second kappa shape index (κ2) is 6.84. The lowest BCUT2D eigenvalue weighted by Gasteiger charge is -2.09. The molecule has 0 spiro atoms. The zero-order chi connectivity index (χ0) is 17.9. The molecule has 128 valence electrons. The number of hydrogen-bond acceptors (Lipinski definition) is 2. The largest absolute Gasteiger partial charge is 0.325 e. The number of nitrogens with one attached hydrogen (secondary N) is 1. The number of nitrogens with zero attached hydrogens (tertiary/aromatic N) is 2. The van der Waals surface area contributed by atoms with Crippen molar-refractivity contribution in [2.45, 2.75) is 13.5 Å². The molecule has 0 atom stereocenters. The van der Waals surface area contributed by atoms with Crippen molar-refractivity contribution >= 4 is 22.6 Å². The van der Waals surface area contributed by atoms with Crippen LogP contribution in [0.15, 0.2) is 79.1 Å². The summed E-state index contributed by atoms with van der Waals surface area (Å²) in [5, 5.41) is 2.98. The van der Waals surface area contributed by atoms with Crippen molar-refractivity contribution in [2.75, 3.05) is 5.32 Å². The first kappa shape index (κ1) is 16.1. The quantitative estimate of drug-likeness (QED) is 0.587. The van der Waals surface area contributed by atoms with Crippen LogP contribution in [-0.4, -0.2) is 15.5 Å². The molecule has 0 saturated heterocycles. The SMILES string of the molecule is Cc1ccc(-c2cccc(NC(=O)Cn3cnc4ccccc43)c2)cc1. The summed E-state index contributed by atoms with van der Waals surface area (Å²) >= 11 is 0. The fraction of sp³-hybridized carbons (Fsp3) is 0.0909. The highest BCUT2D eigenvalue weighted by molar-refractivity contribution is 5.92. The molecule has 4 heteroatoms. The average Bonchev–Trinajstić information content (AvgIpc) is 3.05. The molecular formula is C22H19N3O. The molecule has 1 amide bonds. The highest BCUT2D eigenvalue weighted by Crippen LogP contribution is 2.23. The number of amides is 1. The Hall–Kier alpha value is -3.40. The van der Waals surface area contributed by atoms with Crippen LogP contribution in [0.1, 0.15) is 5.56 Å².